The van der Waals surface area contributed by atoms with Gasteiger partial charge in [0.2, 0.25) is 0 Å². The maximum absolute atomic E-state index is 8.37. The van der Waals surface area contributed by atoms with Crippen LogP contribution in [-0.4, -0.2) is 103 Å². The molecule has 0 aliphatic carbocycles. The first-order valence-electron chi connectivity index (χ1n) is 2.77. The number of rotatable bonds is 0. The van der Waals surface area contributed by atoms with Crippen LogP contribution < -0.4 is 0 Å². The van der Waals surface area contributed by atoms with Gasteiger partial charge in [0.15, 0.2) is 0 Å². The van der Waals surface area contributed by atoms with Gasteiger partial charge in [0, 0.05) is 0 Å². The molecule has 0 heterocycles. The summed E-state index contributed by atoms with van der Waals surface area (Å²) < 4.78 is 0. The predicted molar refractivity (Wildman–Crippen MR) is 50.2 cm³/mol. The van der Waals surface area contributed by atoms with Crippen molar-refractivity contribution in [2.45, 2.75) is 0 Å². The summed E-state index contributed by atoms with van der Waals surface area (Å²) in [5.74, 6) is 0. The summed E-state index contributed by atoms with van der Waals surface area (Å²) in [4.78, 5) is 0. The van der Waals surface area contributed by atoms with E-state index in [1.54, 1.807) is 24.3 Å². The van der Waals surface area contributed by atoms with Crippen molar-refractivity contribution in [2.24, 2.45) is 0 Å². The Morgan fingerprint density at radius 3 is 1.17 bits per heavy atom. The number of hydrogen-bond acceptors (Lipinski definition) is 2. The Bertz CT molecular complexity index is 272. The molecule has 0 aromatic heterocycles. The topological polar surface area (TPSA) is 47.6 Å². The third-order valence-corrected chi connectivity index (χ3v) is 1.14. The van der Waals surface area contributed by atoms with Gasteiger partial charge in [0.1, 0.15) is 0 Å². The Kier molecular flexibility index (Phi) is 12.0. The molecule has 0 unspecified atom stereocenters. The van der Waals surface area contributed by atoms with Gasteiger partial charge >= 0.3 is 103 Å². The first kappa shape index (κ1) is 15.9. The Morgan fingerprint density at radius 2 is 1.00 bits per heavy atom. The summed E-state index contributed by atoms with van der Waals surface area (Å²) in [6.07, 6.45) is 0. The monoisotopic (exact) mass is 208 g/mol. The zero-order chi connectivity index (χ0) is 7.40. The van der Waals surface area contributed by atoms with Crippen LogP contribution in [0.4, 0.5) is 0 Å². The quantitative estimate of drug-likeness (QED) is 0.569. The zero-order valence-electron chi connectivity index (χ0n) is 5.20. The minimum absolute atomic E-state index is 0. The Balaban J connectivity index is 0. The van der Waals surface area contributed by atoms with Crippen LogP contribution in [-0.2, 0) is 0 Å². The predicted octanol–water partition coefficient (Wildman–Crippen LogP) is 0.133. The van der Waals surface area contributed by atoms with Gasteiger partial charge in [0.25, 0.3) is 0 Å². The van der Waals surface area contributed by atoms with Gasteiger partial charge in [0.05, 0.1) is 23.3 Å². The van der Waals surface area contributed by atoms with E-state index in [2.05, 4.69) is 0 Å². The van der Waals surface area contributed by atoms with Gasteiger partial charge in [-0.2, -0.15) is 10.5 Å². The second-order valence-corrected chi connectivity index (χ2v) is 1.80. The first-order valence-corrected chi connectivity index (χ1v) is 2.77. The molecule has 0 saturated heterocycles. The fourth-order valence-corrected chi connectivity index (χ4v) is 0.619. The van der Waals surface area contributed by atoms with Crippen molar-refractivity contribution in [1.29, 1.82) is 10.5 Å². The van der Waals surface area contributed by atoms with Crippen molar-refractivity contribution in [3.63, 3.8) is 0 Å². The van der Waals surface area contributed by atoms with E-state index >= 15 is 0 Å². The van der Waals surface area contributed by atoms with E-state index in [9.17, 15) is 0 Å². The second-order valence-electron chi connectivity index (χ2n) is 1.80. The number of nitrogens with zero attached hydrogens (tertiary/aromatic N) is 2. The minimum atomic E-state index is 0. The normalized spacial score (nSPS) is 6.50. The number of hydrogen-bond donors (Lipinski definition) is 0. The molecule has 0 aliphatic heterocycles. The average Bonchev–Trinajstić information content (AvgIpc) is 2.05. The molecule has 0 radical (unpaired) electrons. The SMILES string of the molecule is N#Cc1ccc(C#N)cc1.[KH].[KH]. The number of nitriles is 2. The fraction of sp³-hybridized carbons (Fsp3) is 0. The third-order valence-electron chi connectivity index (χ3n) is 1.14. The second kappa shape index (κ2) is 9.04. The van der Waals surface area contributed by atoms with Crippen molar-refractivity contribution in [3.05, 3.63) is 35.4 Å². The van der Waals surface area contributed by atoms with E-state index in [1.165, 1.54) is 0 Å². The van der Waals surface area contributed by atoms with Crippen LogP contribution in [0.3, 0.4) is 0 Å². The molecular formula is C8H6K2N2. The Morgan fingerprint density at radius 1 is 0.750 bits per heavy atom. The molecule has 0 fully saturated rings. The molecule has 1 aromatic carbocycles. The molecule has 0 N–H and O–H groups in total. The van der Waals surface area contributed by atoms with Gasteiger partial charge in [-0.3, -0.25) is 0 Å². The van der Waals surface area contributed by atoms with E-state index in [-0.39, 0.29) is 103 Å². The molecule has 4 heteroatoms. The Labute approximate surface area is 157 Å². The summed E-state index contributed by atoms with van der Waals surface area (Å²) in [7, 11) is 0. The van der Waals surface area contributed by atoms with E-state index in [0.717, 1.165) is 0 Å². The van der Waals surface area contributed by atoms with E-state index in [1.807, 2.05) is 12.1 Å². The fourth-order valence-electron chi connectivity index (χ4n) is 0.619. The van der Waals surface area contributed by atoms with Crippen LogP contribution in [0, 0.1) is 22.7 Å². The van der Waals surface area contributed by atoms with Gasteiger partial charge in [-0.1, -0.05) is 0 Å². The van der Waals surface area contributed by atoms with Gasteiger partial charge in [-0.25, -0.2) is 0 Å². The zero-order valence-corrected chi connectivity index (χ0v) is 5.20. The summed E-state index contributed by atoms with van der Waals surface area (Å²) in [6, 6.07) is 10.4. The van der Waals surface area contributed by atoms with E-state index in [4.69, 9.17) is 10.5 Å². The van der Waals surface area contributed by atoms with Gasteiger partial charge in [-0.15, -0.1) is 0 Å². The molecule has 2 nitrogen and oxygen atoms in total. The molecule has 0 aliphatic rings. The van der Waals surface area contributed by atoms with Gasteiger partial charge in [-0.05, 0) is 24.3 Å². The average molecular weight is 208 g/mol. The van der Waals surface area contributed by atoms with Crippen LogP contribution in [0.5, 0.6) is 0 Å². The van der Waals surface area contributed by atoms with Crippen LogP contribution in [0.2, 0.25) is 0 Å². The molecule has 1 aromatic rings. The molecule has 0 amide bonds. The molecular weight excluding hydrogens is 202 g/mol. The maximum atomic E-state index is 8.37. The van der Waals surface area contributed by atoms with Crippen molar-refractivity contribution < 1.29 is 0 Å². The summed E-state index contributed by atoms with van der Waals surface area (Å²) >= 11 is 0. The van der Waals surface area contributed by atoms with Crippen LogP contribution in [0.15, 0.2) is 24.3 Å². The van der Waals surface area contributed by atoms with E-state index < -0.39 is 0 Å². The third kappa shape index (κ3) is 5.26. The summed E-state index contributed by atoms with van der Waals surface area (Å²) in [5, 5.41) is 16.7. The summed E-state index contributed by atoms with van der Waals surface area (Å²) in [6.45, 7) is 0. The van der Waals surface area contributed by atoms with Crippen molar-refractivity contribution in [3.8, 4) is 12.1 Å². The summed E-state index contributed by atoms with van der Waals surface area (Å²) in [5.41, 5.74) is 1.16. The molecule has 0 saturated carbocycles. The van der Waals surface area contributed by atoms with Crippen molar-refractivity contribution in [2.75, 3.05) is 0 Å². The standard InChI is InChI=1S/C8H4N2.2K.2H/c9-5-7-1-2-8(6-10)4-3-7;;;;/h1-4H;;;;. The van der Waals surface area contributed by atoms with Crippen LogP contribution >= 0.6 is 0 Å². The number of benzene rings is 1. The van der Waals surface area contributed by atoms with Crippen molar-refractivity contribution >= 4 is 103 Å². The van der Waals surface area contributed by atoms with Crippen LogP contribution in [0.1, 0.15) is 11.1 Å². The van der Waals surface area contributed by atoms with E-state index in [0.29, 0.717) is 11.1 Å². The van der Waals surface area contributed by atoms with Crippen LogP contribution in [0.25, 0.3) is 0 Å². The molecule has 12 heavy (non-hydrogen) atoms. The Hall–Kier alpha value is 1.47. The van der Waals surface area contributed by atoms with Gasteiger partial charge < -0.3 is 0 Å². The van der Waals surface area contributed by atoms with Crippen molar-refractivity contribution in [1.82, 2.24) is 0 Å². The molecule has 0 spiro atoms. The molecule has 0 atom stereocenters. The molecule has 1 rings (SSSR count). The first-order chi connectivity index (χ1) is 4.86. The molecule has 50 valence electrons. The molecule has 0 bridgehead atoms.